The van der Waals surface area contributed by atoms with Gasteiger partial charge in [-0.3, -0.25) is 14.8 Å². The number of halogens is 2. The average molecular weight is 336 g/mol. The number of nitrogens with zero attached hydrogens (tertiary/aromatic N) is 3. The van der Waals surface area contributed by atoms with E-state index in [2.05, 4.69) is 15.4 Å². The summed E-state index contributed by atoms with van der Waals surface area (Å²) in [4.78, 5) is 16.2. The highest BCUT2D eigenvalue weighted by molar-refractivity contribution is 7.22. The predicted octanol–water partition coefficient (Wildman–Crippen LogP) is 3.91. The Morgan fingerprint density at radius 1 is 1.30 bits per heavy atom. The number of hydrogen-bond acceptors (Lipinski definition) is 4. The van der Waals surface area contributed by atoms with Crippen LogP contribution in [0.25, 0.3) is 10.2 Å². The normalized spacial score (nSPS) is 11.4. The van der Waals surface area contributed by atoms with Crippen molar-refractivity contribution in [2.75, 3.05) is 5.32 Å². The van der Waals surface area contributed by atoms with Crippen LogP contribution in [0.1, 0.15) is 36.1 Å². The second-order valence-electron chi connectivity index (χ2n) is 5.42. The average Bonchev–Trinajstić information content (AvgIpc) is 3.02. The highest BCUT2D eigenvalue weighted by atomic mass is 32.1. The zero-order valence-corrected chi connectivity index (χ0v) is 13.5. The molecule has 1 amide bonds. The highest BCUT2D eigenvalue weighted by Gasteiger charge is 2.17. The second-order valence-corrected chi connectivity index (χ2v) is 6.45. The van der Waals surface area contributed by atoms with Crippen LogP contribution in [0, 0.1) is 18.6 Å². The van der Waals surface area contributed by atoms with E-state index in [1.54, 1.807) is 10.7 Å². The molecule has 23 heavy (non-hydrogen) atoms. The van der Waals surface area contributed by atoms with Gasteiger partial charge in [-0.1, -0.05) is 11.3 Å². The standard InChI is InChI=1S/C15H14F2N4OS/c1-7(2)21-8(3)4-11(20-21)14(22)19-15-18-13-10(17)5-9(16)6-12(13)23-15/h4-7H,1-3H3,(H,18,19,22). The van der Waals surface area contributed by atoms with Crippen LogP contribution in [0.4, 0.5) is 13.9 Å². The third-order valence-corrected chi connectivity index (χ3v) is 4.20. The summed E-state index contributed by atoms with van der Waals surface area (Å²) >= 11 is 1.01. The molecule has 0 saturated carbocycles. The van der Waals surface area contributed by atoms with Crippen LogP contribution in [-0.4, -0.2) is 20.7 Å². The van der Waals surface area contributed by atoms with Gasteiger partial charge in [0.15, 0.2) is 16.6 Å². The molecule has 1 aromatic carbocycles. The first-order valence-corrected chi connectivity index (χ1v) is 7.80. The van der Waals surface area contributed by atoms with Crippen LogP contribution < -0.4 is 5.32 Å². The molecule has 0 atom stereocenters. The van der Waals surface area contributed by atoms with E-state index in [9.17, 15) is 13.6 Å². The summed E-state index contributed by atoms with van der Waals surface area (Å²) in [6.45, 7) is 5.79. The summed E-state index contributed by atoms with van der Waals surface area (Å²) in [7, 11) is 0. The van der Waals surface area contributed by atoms with E-state index in [0.717, 1.165) is 23.1 Å². The molecular weight excluding hydrogens is 322 g/mol. The van der Waals surface area contributed by atoms with E-state index in [0.29, 0.717) is 4.70 Å². The Morgan fingerprint density at radius 3 is 2.70 bits per heavy atom. The molecule has 3 rings (SSSR count). The van der Waals surface area contributed by atoms with Gasteiger partial charge in [0, 0.05) is 17.8 Å². The van der Waals surface area contributed by atoms with Crippen LogP contribution in [0.2, 0.25) is 0 Å². The van der Waals surface area contributed by atoms with Crippen molar-refractivity contribution in [3.63, 3.8) is 0 Å². The van der Waals surface area contributed by atoms with E-state index >= 15 is 0 Å². The van der Waals surface area contributed by atoms with Crippen LogP contribution in [0.15, 0.2) is 18.2 Å². The van der Waals surface area contributed by atoms with Gasteiger partial charge in [0.2, 0.25) is 0 Å². The van der Waals surface area contributed by atoms with Crippen molar-refractivity contribution in [3.8, 4) is 0 Å². The predicted molar refractivity (Wildman–Crippen MR) is 84.8 cm³/mol. The van der Waals surface area contributed by atoms with Gasteiger partial charge in [0.1, 0.15) is 11.3 Å². The Hall–Kier alpha value is -2.35. The number of fused-ring (bicyclic) bond motifs is 1. The lowest BCUT2D eigenvalue weighted by Gasteiger charge is -2.06. The smallest absolute Gasteiger partial charge is 0.277 e. The number of thiazole rings is 1. The van der Waals surface area contributed by atoms with Crippen molar-refractivity contribution < 1.29 is 13.6 Å². The number of amides is 1. The molecule has 2 heterocycles. The lowest BCUT2D eigenvalue weighted by molar-refractivity contribution is 0.102. The molecule has 0 radical (unpaired) electrons. The van der Waals surface area contributed by atoms with Gasteiger partial charge >= 0.3 is 0 Å². The van der Waals surface area contributed by atoms with Gasteiger partial charge in [-0.05, 0) is 32.9 Å². The van der Waals surface area contributed by atoms with Gasteiger partial charge in [-0.2, -0.15) is 5.10 Å². The van der Waals surface area contributed by atoms with Gasteiger partial charge < -0.3 is 0 Å². The topological polar surface area (TPSA) is 59.8 Å². The molecule has 5 nitrogen and oxygen atoms in total. The monoisotopic (exact) mass is 336 g/mol. The lowest BCUT2D eigenvalue weighted by atomic mass is 10.3. The van der Waals surface area contributed by atoms with Crippen molar-refractivity contribution >= 4 is 32.6 Å². The first kappa shape index (κ1) is 15.5. The summed E-state index contributed by atoms with van der Waals surface area (Å²) in [5.74, 6) is -1.87. The molecule has 1 N–H and O–H groups in total. The number of benzene rings is 1. The Labute approximate surface area is 135 Å². The van der Waals surface area contributed by atoms with Crippen molar-refractivity contribution in [1.29, 1.82) is 0 Å². The summed E-state index contributed by atoms with van der Waals surface area (Å²) in [5.41, 5.74) is 1.15. The Balaban J connectivity index is 1.88. The molecule has 0 spiro atoms. The maximum absolute atomic E-state index is 13.6. The number of carbonyl (C=O) groups is 1. The molecule has 0 fully saturated rings. The lowest BCUT2D eigenvalue weighted by Crippen LogP contribution is -2.13. The first-order valence-electron chi connectivity index (χ1n) is 6.98. The zero-order chi connectivity index (χ0) is 16.7. The van der Waals surface area contributed by atoms with E-state index in [-0.39, 0.29) is 22.4 Å². The van der Waals surface area contributed by atoms with E-state index in [1.165, 1.54) is 6.07 Å². The van der Waals surface area contributed by atoms with Crippen molar-refractivity contribution in [1.82, 2.24) is 14.8 Å². The van der Waals surface area contributed by atoms with Crippen molar-refractivity contribution in [3.05, 3.63) is 41.2 Å². The van der Waals surface area contributed by atoms with E-state index in [4.69, 9.17) is 0 Å². The molecule has 2 aromatic heterocycles. The van der Waals surface area contributed by atoms with E-state index in [1.807, 2.05) is 20.8 Å². The fraction of sp³-hybridized carbons (Fsp3) is 0.267. The van der Waals surface area contributed by atoms with Crippen molar-refractivity contribution in [2.24, 2.45) is 0 Å². The van der Waals surface area contributed by atoms with Crippen molar-refractivity contribution in [2.45, 2.75) is 26.8 Å². The number of anilines is 1. The molecule has 120 valence electrons. The number of aryl methyl sites for hydroxylation is 1. The Bertz CT molecular complexity index is 900. The molecule has 0 aliphatic rings. The second kappa shape index (κ2) is 5.69. The molecule has 0 aliphatic heterocycles. The number of hydrogen-bond donors (Lipinski definition) is 1. The Kier molecular flexibility index (Phi) is 3.85. The van der Waals surface area contributed by atoms with Crippen LogP contribution in [0.3, 0.4) is 0 Å². The third kappa shape index (κ3) is 2.94. The summed E-state index contributed by atoms with van der Waals surface area (Å²) in [5, 5.41) is 7.02. The molecule has 0 aliphatic carbocycles. The SMILES string of the molecule is Cc1cc(C(=O)Nc2nc3c(F)cc(F)cc3s2)nn1C(C)C. The number of carbonyl (C=O) groups excluding carboxylic acids is 1. The Morgan fingerprint density at radius 2 is 2.04 bits per heavy atom. The third-order valence-electron chi connectivity index (χ3n) is 3.28. The van der Waals surface area contributed by atoms with Gasteiger partial charge in [0.05, 0.1) is 4.70 Å². The maximum Gasteiger partial charge on any atom is 0.277 e. The molecule has 3 aromatic rings. The number of aromatic nitrogens is 3. The molecule has 0 bridgehead atoms. The quantitative estimate of drug-likeness (QED) is 0.789. The number of rotatable bonds is 3. The van der Waals surface area contributed by atoms with Crippen LogP contribution in [0.5, 0.6) is 0 Å². The minimum atomic E-state index is -0.753. The minimum absolute atomic E-state index is 0.0376. The fourth-order valence-electron chi connectivity index (χ4n) is 2.29. The maximum atomic E-state index is 13.6. The van der Waals surface area contributed by atoms with Crippen LogP contribution >= 0.6 is 11.3 Å². The molecule has 0 unspecified atom stereocenters. The van der Waals surface area contributed by atoms with Gasteiger partial charge in [-0.25, -0.2) is 13.8 Å². The molecule has 8 heteroatoms. The van der Waals surface area contributed by atoms with E-state index < -0.39 is 17.5 Å². The largest absolute Gasteiger partial charge is 0.296 e. The molecular formula is C15H14F2N4OS. The number of nitrogens with one attached hydrogen (secondary N) is 1. The highest BCUT2D eigenvalue weighted by Crippen LogP contribution is 2.29. The minimum Gasteiger partial charge on any atom is -0.296 e. The zero-order valence-electron chi connectivity index (χ0n) is 12.7. The fourth-order valence-corrected chi connectivity index (χ4v) is 3.19. The molecule has 0 saturated heterocycles. The summed E-state index contributed by atoms with van der Waals surface area (Å²) < 4.78 is 28.9. The first-order chi connectivity index (χ1) is 10.8. The van der Waals surface area contributed by atoms with Crippen LogP contribution in [-0.2, 0) is 0 Å². The van der Waals surface area contributed by atoms with Gasteiger partial charge in [0.25, 0.3) is 5.91 Å². The van der Waals surface area contributed by atoms with Gasteiger partial charge in [-0.15, -0.1) is 0 Å². The summed E-state index contributed by atoms with van der Waals surface area (Å²) in [6.07, 6.45) is 0. The summed E-state index contributed by atoms with van der Waals surface area (Å²) in [6, 6.07) is 3.75.